The summed E-state index contributed by atoms with van der Waals surface area (Å²) >= 11 is 0. The van der Waals surface area contributed by atoms with Crippen molar-refractivity contribution in [1.82, 2.24) is 5.32 Å². The lowest BCUT2D eigenvalue weighted by Gasteiger charge is -2.39. The molecule has 5 nitrogen and oxygen atoms in total. The molecule has 0 aliphatic heterocycles. The first-order valence-corrected chi connectivity index (χ1v) is 12.8. The Labute approximate surface area is 161 Å². The van der Waals surface area contributed by atoms with Crippen molar-refractivity contribution < 1.29 is 18.7 Å². The van der Waals surface area contributed by atoms with Gasteiger partial charge in [-0.25, -0.2) is 4.79 Å². The van der Waals surface area contributed by atoms with Crippen LogP contribution < -0.4 is 5.32 Å². The summed E-state index contributed by atoms with van der Waals surface area (Å²) in [5.41, 5.74) is -0.455. The first-order chi connectivity index (χ1) is 11.7. The van der Waals surface area contributed by atoms with Gasteiger partial charge in [0.2, 0.25) is 0 Å². The number of ether oxygens (including phenoxy) is 2. The quantitative estimate of drug-likeness (QED) is 0.644. The molecule has 1 saturated carbocycles. The number of amides is 1. The molecule has 0 aromatic heterocycles. The maximum Gasteiger partial charge on any atom is 0.407 e. The lowest BCUT2D eigenvalue weighted by molar-refractivity contribution is -0.00393. The fourth-order valence-corrected chi connectivity index (χ4v) is 4.03. The van der Waals surface area contributed by atoms with E-state index in [0.717, 1.165) is 25.7 Å². The molecule has 1 aliphatic rings. The zero-order valence-corrected chi connectivity index (χ0v) is 19.4. The van der Waals surface area contributed by atoms with Crippen molar-refractivity contribution in [3.8, 4) is 0 Å². The Hall–Kier alpha value is -0.593. The number of carbonyl (C=O) groups excluding carboxylic acids is 1. The summed E-state index contributed by atoms with van der Waals surface area (Å²) in [4.78, 5) is 11.9. The van der Waals surface area contributed by atoms with Crippen LogP contribution in [0.1, 0.15) is 67.2 Å². The molecule has 0 spiro atoms. The number of hydrogen-bond acceptors (Lipinski definition) is 4. The van der Waals surface area contributed by atoms with Crippen LogP contribution >= 0.6 is 0 Å². The average Bonchev–Trinajstić information content (AvgIpc) is 2.46. The van der Waals surface area contributed by atoms with Gasteiger partial charge in [-0.3, -0.25) is 0 Å². The smallest absolute Gasteiger partial charge is 0.407 e. The van der Waals surface area contributed by atoms with E-state index < -0.39 is 13.9 Å². The number of carbonyl (C=O) groups is 1. The third kappa shape index (κ3) is 7.57. The second kappa shape index (κ2) is 9.07. The summed E-state index contributed by atoms with van der Waals surface area (Å²) in [6.07, 6.45) is 3.82. The second-order valence-electron chi connectivity index (χ2n) is 10.1. The van der Waals surface area contributed by atoms with Crippen LogP contribution in [0.3, 0.4) is 0 Å². The molecule has 0 radical (unpaired) electrons. The second-order valence-corrected chi connectivity index (χ2v) is 14.9. The Bertz CT molecular complexity index is 446. The van der Waals surface area contributed by atoms with E-state index >= 15 is 0 Å². The number of alkyl carbamates (subject to hydrolysis) is 1. The molecule has 0 aromatic rings. The van der Waals surface area contributed by atoms with Crippen molar-refractivity contribution in [1.29, 1.82) is 0 Å². The standard InChI is InChI=1S/C20H41NO4Si/c1-19(2,3)25-18(22)21-16-12-10-15(11-13-16)17(23-7)14-24-26(8,9)20(4,5)6/h15-17H,10-14H2,1-9H3,(H,21,22)/t15-,16-,17-/m0/s1. The lowest BCUT2D eigenvalue weighted by Crippen LogP contribution is -2.45. The van der Waals surface area contributed by atoms with Crippen LogP contribution in [0.5, 0.6) is 0 Å². The molecule has 1 amide bonds. The largest absolute Gasteiger partial charge is 0.444 e. The van der Waals surface area contributed by atoms with Gasteiger partial charge in [-0.1, -0.05) is 20.8 Å². The maximum absolute atomic E-state index is 11.9. The molecule has 154 valence electrons. The van der Waals surface area contributed by atoms with Gasteiger partial charge in [0.25, 0.3) is 0 Å². The number of nitrogens with one attached hydrogen (secondary N) is 1. The molecule has 1 fully saturated rings. The van der Waals surface area contributed by atoms with Gasteiger partial charge in [0.05, 0.1) is 12.7 Å². The van der Waals surface area contributed by atoms with E-state index in [2.05, 4.69) is 39.2 Å². The van der Waals surface area contributed by atoms with Crippen molar-refractivity contribution >= 4 is 14.4 Å². The molecule has 1 N–H and O–H groups in total. The van der Waals surface area contributed by atoms with Crippen LogP contribution in [-0.4, -0.2) is 45.9 Å². The molecule has 1 atom stereocenters. The van der Waals surface area contributed by atoms with Crippen LogP contribution in [0, 0.1) is 5.92 Å². The van der Waals surface area contributed by atoms with Gasteiger partial charge >= 0.3 is 6.09 Å². The highest BCUT2D eigenvalue weighted by molar-refractivity contribution is 6.74. The van der Waals surface area contributed by atoms with Gasteiger partial charge in [0.15, 0.2) is 8.32 Å². The fourth-order valence-electron chi connectivity index (χ4n) is 3.01. The Morgan fingerprint density at radius 1 is 1.08 bits per heavy atom. The fraction of sp³-hybridized carbons (Fsp3) is 0.950. The van der Waals surface area contributed by atoms with Crippen molar-refractivity contribution in [2.45, 2.75) is 103 Å². The van der Waals surface area contributed by atoms with Crippen molar-refractivity contribution in [3.05, 3.63) is 0 Å². The van der Waals surface area contributed by atoms with Crippen molar-refractivity contribution in [2.75, 3.05) is 13.7 Å². The highest BCUT2D eigenvalue weighted by atomic mass is 28.4. The molecule has 0 bridgehead atoms. The van der Waals surface area contributed by atoms with Crippen LogP contribution in [0.4, 0.5) is 4.79 Å². The minimum absolute atomic E-state index is 0.131. The van der Waals surface area contributed by atoms with E-state index in [4.69, 9.17) is 13.9 Å². The number of rotatable bonds is 6. The SMILES string of the molecule is CO[C@@H](CO[Si](C)(C)C(C)(C)C)[C@H]1CC[C@H](NC(=O)OC(C)(C)C)CC1. The third-order valence-electron chi connectivity index (χ3n) is 5.74. The molecule has 26 heavy (non-hydrogen) atoms. The Balaban J connectivity index is 2.46. The minimum Gasteiger partial charge on any atom is -0.444 e. The van der Waals surface area contributed by atoms with Crippen LogP contribution in [0.25, 0.3) is 0 Å². The monoisotopic (exact) mass is 387 g/mol. The average molecular weight is 388 g/mol. The van der Waals surface area contributed by atoms with Gasteiger partial charge in [-0.2, -0.15) is 0 Å². The first kappa shape index (κ1) is 23.4. The molecule has 0 heterocycles. The van der Waals surface area contributed by atoms with Crippen molar-refractivity contribution in [3.63, 3.8) is 0 Å². The van der Waals surface area contributed by atoms with E-state index in [1.165, 1.54) is 0 Å². The number of hydrogen-bond donors (Lipinski definition) is 1. The normalized spacial score (nSPS) is 23.4. The topological polar surface area (TPSA) is 56.8 Å². The third-order valence-corrected chi connectivity index (χ3v) is 10.2. The summed E-state index contributed by atoms with van der Waals surface area (Å²) < 4.78 is 17.5. The predicted molar refractivity (Wildman–Crippen MR) is 109 cm³/mol. The van der Waals surface area contributed by atoms with Crippen LogP contribution in [-0.2, 0) is 13.9 Å². The molecule has 0 aromatic carbocycles. The Morgan fingerprint density at radius 2 is 1.62 bits per heavy atom. The zero-order chi connectivity index (χ0) is 20.2. The molecule has 1 aliphatic carbocycles. The van der Waals surface area contributed by atoms with Gasteiger partial charge < -0.3 is 19.2 Å². The summed E-state index contributed by atoms with van der Waals surface area (Å²) in [7, 11) is 0.0232. The van der Waals surface area contributed by atoms with Crippen LogP contribution in [0.15, 0.2) is 0 Å². The van der Waals surface area contributed by atoms with E-state index in [1.807, 2.05) is 20.8 Å². The van der Waals surface area contributed by atoms with Gasteiger partial charge in [0.1, 0.15) is 5.60 Å². The minimum atomic E-state index is -1.76. The van der Waals surface area contributed by atoms with Gasteiger partial charge in [-0.05, 0) is 70.5 Å². The van der Waals surface area contributed by atoms with E-state index in [1.54, 1.807) is 7.11 Å². The molecular weight excluding hydrogens is 346 g/mol. The van der Waals surface area contributed by atoms with Gasteiger partial charge in [0, 0.05) is 13.2 Å². The molecule has 0 unspecified atom stereocenters. The highest BCUT2D eigenvalue weighted by Gasteiger charge is 2.38. The first-order valence-electron chi connectivity index (χ1n) is 9.91. The molecule has 1 rings (SSSR count). The molecular formula is C20H41NO4Si. The van der Waals surface area contributed by atoms with E-state index in [-0.39, 0.29) is 23.3 Å². The summed E-state index contributed by atoms with van der Waals surface area (Å²) in [6, 6.07) is 0.194. The van der Waals surface area contributed by atoms with E-state index in [9.17, 15) is 4.79 Å². The van der Waals surface area contributed by atoms with E-state index in [0.29, 0.717) is 12.5 Å². The zero-order valence-electron chi connectivity index (χ0n) is 18.4. The summed E-state index contributed by atoms with van der Waals surface area (Å²) in [6.45, 7) is 17.7. The van der Waals surface area contributed by atoms with Crippen molar-refractivity contribution in [2.24, 2.45) is 5.92 Å². The summed E-state index contributed by atoms with van der Waals surface area (Å²) in [5.74, 6) is 0.487. The molecule has 0 saturated heterocycles. The van der Waals surface area contributed by atoms with Crippen LogP contribution in [0.2, 0.25) is 18.1 Å². The molecule has 6 heteroatoms. The maximum atomic E-state index is 11.9. The highest BCUT2D eigenvalue weighted by Crippen LogP contribution is 2.37. The predicted octanol–water partition coefficient (Wildman–Crippen LogP) is 5.11. The lowest BCUT2D eigenvalue weighted by atomic mass is 9.83. The number of methoxy groups -OCH3 is 1. The Morgan fingerprint density at radius 3 is 2.04 bits per heavy atom. The Kier molecular flexibility index (Phi) is 8.17. The van der Waals surface area contributed by atoms with Gasteiger partial charge in [-0.15, -0.1) is 0 Å². The summed E-state index contributed by atoms with van der Waals surface area (Å²) in [5, 5.41) is 3.21.